The molecule has 1 saturated carbocycles. The summed E-state index contributed by atoms with van der Waals surface area (Å²) in [5.41, 5.74) is 0.818. The van der Waals surface area contributed by atoms with E-state index in [4.69, 9.17) is 9.47 Å². The summed E-state index contributed by atoms with van der Waals surface area (Å²) in [5.74, 6) is 0.622. The summed E-state index contributed by atoms with van der Waals surface area (Å²) in [7, 11) is 0. The second kappa shape index (κ2) is 12.0. The number of esters is 1. The van der Waals surface area contributed by atoms with Gasteiger partial charge in [0.1, 0.15) is 11.0 Å². The normalized spacial score (nSPS) is 25.2. The first-order valence-electron chi connectivity index (χ1n) is 16.0. The topological polar surface area (TPSA) is 79.8 Å². The van der Waals surface area contributed by atoms with Crippen molar-refractivity contribution in [2.24, 2.45) is 11.8 Å². The first-order valence-corrected chi connectivity index (χ1v) is 16.0. The largest absolute Gasteiger partial charge is 0.459 e. The van der Waals surface area contributed by atoms with Gasteiger partial charge >= 0.3 is 5.97 Å². The lowest BCUT2D eigenvalue weighted by molar-refractivity contribution is -0.220. The maximum atomic E-state index is 14.2. The molecule has 6 heteroatoms. The molecule has 42 heavy (non-hydrogen) atoms. The van der Waals surface area contributed by atoms with Crippen LogP contribution in [0.15, 0.2) is 54.6 Å². The van der Waals surface area contributed by atoms with Gasteiger partial charge in [-0.2, -0.15) is 0 Å². The Labute approximate surface area is 253 Å². The molecular weight excluding hydrogens is 524 g/mol. The molecule has 3 N–H and O–H groups in total. The van der Waals surface area contributed by atoms with Crippen molar-refractivity contribution >= 4 is 5.97 Å². The van der Waals surface area contributed by atoms with Crippen LogP contribution in [0, 0.1) is 11.8 Å². The lowest BCUT2D eigenvalue weighted by Crippen LogP contribution is -2.47. The third-order valence-corrected chi connectivity index (χ3v) is 10.7. The van der Waals surface area contributed by atoms with Crippen LogP contribution in [0.4, 0.5) is 0 Å². The van der Waals surface area contributed by atoms with Gasteiger partial charge in [0.2, 0.25) is 0 Å². The van der Waals surface area contributed by atoms with Crippen molar-refractivity contribution in [3.63, 3.8) is 0 Å². The van der Waals surface area contributed by atoms with Crippen molar-refractivity contribution in [1.82, 2.24) is 10.6 Å². The molecule has 0 aromatic heterocycles. The maximum absolute atomic E-state index is 14.2. The zero-order valence-corrected chi connectivity index (χ0v) is 26.5. The molecular formula is C36H52N2O4. The molecule has 2 aromatic rings. The highest BCUT2D eigenvalue weighted by Crippen LogP contribution is 2.62. The zero-order chi connectivity index (χ0) is 30.2. The van der Waals surface area contributed by atoms with Crippen LogP contribution in [0.25, 0.3) is 0 Å². The van der Waals surface area contributed by atoms with E-state index >= 15 is 0 Å². The Morgan fingerprint density at radius 2 is 1.40 bits per heavy atom. The molecule has 1 aliphatic carbocycles. The Kier molecular flexibility index (Phi) is 8.93. The molecule has 0 amide bonds. The fraction of sp³-hybridized carbons (Fsp3) is 0.639. The average molecular weight is 577 g/mol. The van der Waals surface area contributed by atoms with Gasteiger partial charge in [-0.1, -0.05) is 68.4 Å². The van der Waals surface area contributed by atoms with Gasteiger partial charge in [-0.05, 0) is 109 Å². The highest BCUT2D eigenvalue weighted by molar-refractivity contribution is 5.89. The minimum atomic E-state index is -0.966. The van der Waals surface area contributed by atoms with E-state index in [0.29, 0.717) is 18.3 Å². The number of hydrogen-bond acceptors (Lipinski definition) is 6. The van der Waals surface area contributed by atoms with Crippen molar-refractivity contribution in [3.8, 4) is 0 Å². The molecule has 3 fully saturated rings. The SMILES string of the molecule is CC(C)(OC(=O)C1(c2ccccc2)CC1c1cccc(C(C)(C)C(O)OC(C)(C)C2CCNCC2)c1)C1CCNCC1. The summed E-state index contributed by atoms with van der Waals surface area (Å²) in [5, 5.41) is 18.3. The summed E-state index contributed by atoms with van der Waals surface area (Å²) in [4.78, 5) is 14.2. The van der Waals surface area contributed by atoms with Crippen LogP contribution in [0.5, 0.6) is 0 Å². The predicted octanol–water partition coefficient (Wildman–Crippen LogP) is 5.82. The monoisotopic (exact) mass is 576 g/mol. The lowest BCUT2D eigenvalue weighted by atomic mass is 9.80. The first kappa shape index (κ1) is 31.2. The van der Waals surface area contributed by atoms with Crippen LogP contribution in [0.3, 0.4) is 0 Å². The van der Waals surface area contributed by atoms with Crippen LogP contribution >= 0.6 is 0 Å². The molecule has 2 aromatic carbocycles. The molecule has 3 atom stereocenters. The number of carbonyl (C=O) groups is 1. The molecule has 6 nitrogen and oxygen atoms in total. The van der Waals surface area contributed by atoms with Crippen LogP contribution < -0.4 is 10.6 Å². The van der Waals surface area contributed by atoms with E-state index in [-0.39, 0.29) is 11.9 Å². The summed E-state index contributed by atoms with van der Waals surface area (Å²) >= 11 is 0. The predicted molar refractivity (Wildman–Crippen MR) is 167 cm³/mol. The minimum Gasteiger partial charge on any atom is -0.459 e. The van der Waals surface area contributed by atoms with Gasteiger partial charge in [0.15, 0.2) is 6.29 Å². The average Bonchev–Trinajstić information content (AvgIpc) is 3.76. The first-order chi connectivity index (χ1) is 19.9. The number of benzene rings is 2. The fourth-order valence-electron chi connectivity index (χ4n) is 7.34. The Bertz CT molecular complexity index is 1210. The molecule has 0 spiro atoms. The van der Waals surface area contributed by atoms with Crippen LogP contribution in [-0.4, -0.2) is 54.7 Å². The maximum Gasteiger partial charge on any atom is 0.317 e. The lowest BCUT2D eigenvalue weighted by Gasteiger charge is -2.42. The molecule has 0 bridgehead atoms. The second-order valence-corrected chi connectivity index (χ2v) is 14.6. The zero-order valence-electron chi connectivity index (χ0n) is 26.5. The standard InChI is InChI=1S/C36H52N2O4/c1-33(2,31(39)41-34(3,4)26-15-19-37-20-16-26)29-14-10-11-25(23-29)30-24-36(30,28-12-8-7-9-13-28)32(40)42-35(5,6)27-17-21-38-22-18-27/h7-14,23,26-27,30-31,37-39H,15-22,24H2,1-6H3. The third-order valence-electron chi connectivity index (χ3n) is 10.7. The highest BCUT2D eigenvalue weighted by Gasteiger charge is 2.63. The van der Waals surface area contributed by atoms with E-state index in [1.165, 1.54) is 0 Å². The number of carbonyl (C=O) groups excluding carboxylic acids is 1. The third kappa shape index (κ3) is 6.19. The van der Waals surface area contributed by atoms with Crippen molar-refractivity contribution in [1.29, 1.82) is 0 Å². The Hall–Kier alpha value is -2.25. The number of aliphatic hydroxyl groups excluding tert-OH is 1. The number of nitrogens with one attached hydrogen (secondary N) is 2. The van der Waals surface area contributed by atoms with Gasteiger partial charge in [0.05, 0.1) is 5.60 Å². The number of aliphatic hydroxyl groups is 1. The van der Waals surface area contributed by atoms with Crippen molar-refractivity contribution < 1.29 is 19.4 Å². The molecule has 0 radical (unpaired) electrons. The summed E-state index contributed by atoms with van der Waals surface area (Å²) < 4.78 is 12.9. The molecule has 2 heterocycles. The van der Waals surface area contributed by atoms with Crippen molar-refractivity contribution in [2.45, 2.75) is 108 Å². The van der Waals surface area contributed by atoms with Crippen LogP contribution in [-0.2, 0) is 25.1 Å². The number of piperidine rings is 2. The summed E-state index contributed by atoms with van der Waals surface area (Å²) in [6, 6.07) is 18.5. The van der Waals surface area contributed by atoms with Gasteiger partial charge in [-0.3, -0.25) is 4.79 Å². The van der Waals surface area contributed by atoms with Crippen molar-refractivity contribution in [2.75, 3.05) is 26.2 Å². The van der Waals surface area contributed by atoms with Crippen LogP contribution in [0.2, 0.25) is 0 Å². The molecule has 3 unspecified atom stereocenters. The van der Waals surface area contributed by atoms with Gasteiger partial charge in [0.25, 0.3) is 0 Å². The summed E-state index contributed by atoms with van der Waals surface area (Å²) in [6.45, 7) is 16.4. The van der Waals surface area contributed by atoms with E-state index in [9.17, 15) is 9.90 Å². The number of rotatable bonds is 10. The van der Waals surface area contributed by atoms with E-state index in [1.54, 1.807) is 0 Å². The molecule has 230 valence electrons. The van der Waals surface area contributed by atoms with E-state index in [0.717, 1.165) is 68.6 Å². The quantitative estimate of drug-likeness (QED) is 0.244. The van der Waals surface area contributed by atoms with E-state index in [1.807, 2.05) is 32.0 Å². The van der Waals surface area contributed by atoms with Gasteiger partial charge < -0.3 is 25.2 Å². The minimum absolute atomic E-state index is 0.0104. The van der Waals surface area contributed by atoms with Gasteiger partial charge in [0, 0.05) is 17.3 Å². The molecule has 5 rings (SSSR count). The van der Waals surface area contributed by atoms with E-state index < -0.39 is 28.3 Å². The Morgan fingerprint density at radius 1 is 0.833 bits per heavy atom. The summed E-state index contributed by atoms with van der Waals surface area (Å²) in [6.07, 6.45) is 3.86. The Morgan fingerprint density at radius 3 is 2.00 bits per heavy atom. The highest BCUT2D eigenvalue weighted by atomic mass is 16.6. The van der Waals surface area contributed by atoms with Gasteiger partial charge in [-0.15, -0.1) is 0 Å². The second-order valence-electron chi connectivity index (χ2n) is 14.6. The Balaban J connectivity index is 1.38. The van der Waals surface area contributed by atoms with Crippen molar-refractivity contribution in [3.05, 3.63) is 71.3 Å². The molecule has 3 aliphatic rings. The molecule has 2 aliphatic heterocycles. The fourth-order valence-corrected chi connectivity index (χ4v) is 7.34. The number of hydrogen-bond donors (Lipinski definition) is 3. The van der Waals surface area contributed by atoms with Gasteiger partial charge in [-0.25, -0.2) is 0 Å². The van der Waals surface area contributed by atoms with E-state index in [2.05, 4.69) is 74.7 Å². The molecule has 2 saturated heterocycles. The number of ether oxygens (including phenoxy) is 2. The smallest absolute Gasteiger partial charge is 0.317 e. The van der Waals surface area contributed by atoms with Crippen LogP contribution in [0.1, 0.15) is 96.3 Å².